The third-order valence-electron chi connectivity index (χ3n) is 2.57. The molecular formula is C12H15FO2. The lowest BCUT2D eigenvalue weighted by Gasteiger charge is -2.12. The molecule has 0 aromatic heterocycles. The SMILES string of the molecule is CCC(C(=O)O)c1cc(C)c(F)c(C)c1. The summed E-state index contributed by atoms with van der Waals surface area (Å²) in [6.45, 7) is 5.12. The second kappa shape index (κ2) is 4.43. The van der Waals surface area contributed by atoms with E-state index in [2.05, 4.69) is 0 Å². The van der Waals surface area contributed by atoms with E-state index in [1.165, 1.54) is 0 Å². The molecule has 1 aromatic carbocycles. The van der Waals surface area contributed by atoms with E-state index in [1.54, 1.807) is 26.0 Å². The van der Waals surface area contributed by atoms with Gasteiger partial charge in [-0.2, -0.15) is 0 Å². The number of carboxylic acids is 1. The van der Waals surface area contributed by atoms with Crippen LogP contribution >= 0.6 is 0 Å². The Kier molecular flexibility index (Phi) is 3.45. The Morgan fingerprint density at radius 3 is 2.20 bits per heavy atom. The monoisotopic (exact) mass is 210 g/mol. The predicted molar refractivity (Wildman–Crippen MR) is 56.5 cm³/mol. The van der Waals surface area contributed by atoms with Crippen LogP contribution in [0.3, 0.4) is 0 Å². The molecule has 0 aliphatic rings. The Balaban J connectivity index is 3.20. The van der Waals surface area contributed by atoms with Gasteiger partial charge in [-0.3, -0.25) is 4.79 Å². The van der Waals surface area contributed by atoms with Crippen LogP contribution in [0.2, 0.25) is 0 Å². The topological polar surface area (TPSA) is 37.3 Å². The van der Waals surface area contributed by atoms with E-state index in [0.717, 1.165) is 0 Å². The van der Waals surface area contributed by atoms with E-state index < -0.39 is 11.9 Å². The standard InChI is InChI=1S/C12H15FO2/c1-4-10(12(14)15)9-5-7(2)11(13)8(3)6-9/h5-6,10H,4H2,1-3H3,(H,14,15). The molecule has 1 aromatic rings. The maximum Gasteiger partial charge on any atom is 0.310 e. The van der Waals surface area contributed by atoms with Crippen LogP contribution < -0.4 is 0 Å². The second-order valence-corrected chi connectivity index (χ2v) is 3.77. The van der Waals surface area contributed by atoms with E-state index in [1.807, 2.05) is 6.92 Å². The number of hydrogen-bond acceptors (Lipinski definition) is 1. The van der Waals surface area contributed by atoms with Crippen LogP contribution in [-0.2, 0) is 4.79 Å². The van der Waals surface area contributed by atoms with Crippen molar-refractivity contribution in [2.45, 2.75) is 33.1 Å². The van der Waals surface area contributed by atoms with Gasteiger partial charge in [0.1, 0.15) is 5.82 Å². The first kappa shape index (κ1) is 11.7. The van der Waals surface area contributed by atoms with Crippen LogP contribution in [0.5, 0.6) is 0 Å². The van der Waals surface area contributed by atoms with Crippen LogP contribution in [0.1, 0.15) is 36.0 Å². The van der Waals surface area contributed by atoms with Gasteiger partial charge in [0, 0.05) is 0 Å². The fourth-order valence-corrected chi connectivity index (χ4v) is 1.73. The van der Waals surface area contributed by atoms with Crippen molar-refractivity contribution in [1.29, 1.82) is 0 Å². The molecule has 0 spiro atoms. The Morgan fingerprint density at radius 1 is 1.40 bits per heavy atom. The van der Waals surface area contributed by atoms with Gasteiger partial charge in [-0.15, -0.1) is 0 Å². The van der Waals surface area contributed by atoms with E-state index in [-0.39, 0.29) is 5.82 Å². The largest absolute Gasteiger partial charge is 0.481 e. The maximum atomic E-state index is 13.3. The maximum absolute atomic E-state index is 13.3. The molecule has 1 atom stereocenters. The zero-order valence-corrected chi connectivity index (χ0v) is 9.17. The summed E-state index contributed by atoms with van der Waals surface area (Å²) in [7, 11) is 0. The highest BCUT2D eigenvalue weighted by molar-refractivity contribution is 5.76. The van der Waals surface area contributed by atoms with Crippen molar-refractivity contribution in [1.82, 2.24) is 0 Å². The van der Waals surface area contributed by atoms with E-state index in [9.17, 15) is 9.18 Å². The summed E-state index contributed by atoms with van der Waals surface area (Å²) in [5, 5.41) is 8.98. The van der Waals surface area contributed by atoms with Crippen molar-refractivity contribution in [2.75, 3.05) is 0 Å². The minimum absolute atomic E-state index is 0.251. The molecule has 0 radical (unpaired) electrons. The average molecular weight is 210 g/mol. The van der Waals surface area contributed by atoms with Gasteiger partial charge in [0.25, 0.3) is 0 Å². The highest BCUT2D eigenvalue weighted by Gasteiger charge is 2.19. The molecule has 0 aliphatic heterocycles. The van der Waals surface area contributed by atoms with Crippen molar-refractivity contribution in [3.63, 3.8) is 0 Å². The highest BCUT2D eigenvalue weighted by atomic mass is 19.1. The van der Waals surface area contributed by atoms with Crippen LogP contribution in [0, 0.1) is 19.7 Å². The molecule has 0 aliphatic carbocycles. The molecule has 82 valence electrons. The third-order valence-corrected chi connectivity index (χ3v) is 2.57. The van der Waals surface area contributed by atoms with Gasteiger partial charge in [-0.25, -0.2) is 4.39 Å². The fourth-order valence-electron chi connectivity index (χ4n) is 1.73. The number of aryl methyl sites for hydroxylation is 2. The summed E-state index contributed by atoms with van der Waals surface area (Å²) in [5.41, 5.74) is 1.69. The normalized spacial score (nSPS) is 12.5. The minimum Gasteiger partial charge on any atom is -0.481 e. The molecule has 1 unspecified atom stereocenters. The number of carbonyl (C=O) groups is 1. The summed E-state index contributed by atoms with van der Waals surface area (Å²) >= 11 is 0. The average Bonchev–Trinajstić information content (AvgIpc) is 2.14. The zero-order chi connectivity index (χ0) is 11.6. The summed E-state index contributed by atoms with van der Waals surface area (Å²) in [6.07, 6.45) is 0.514. The highest BCUT2D eigenvalue weighted by Crippen LogP contribution is 2.24. The number of carboxylic acid groups (broad SMARTS) is 1. The lowest BCUT2D eigenvalue weighted by molar-refractivity contribution is -0.138. The van der Waals surface area contributed by atoms with E-state index >= 15 is 0 Å². The van der Waals surface area contributed by atoms with Gasteiger partial charge >= 0.3 is 5.97 Å². The summed E-state index contributed by atoms with van der Waals surface area (Å²) < 4.78 is 13.3. The first-order valence-corrected chi connectivity index (χ1v) is 4.96. The summed E-state index contributed by atoms with van der Waals surface area (Å²) in [6, 6.07) is 3.23. The van der Waals surface area contributed by atoms with Crippen molar-refractivity contribution in [3.8, 4) is 0 Å². The van der Waals surface area contributed by atoms with Crippen molar-refractivity contribution < 1.29 is 14.3 Å². The van der Waals surface area contributed by atoms with Gasteiger partial charge in [0.2, 0.25) is 0 Å². The Hall–Kier alpha value is -1.38. The predicted octanol–water partition coefficient (Wildman–Crippen LogP) is 3.02. The van der Waals surface area contributed by atoms with Gasteiger partial charge in [0.05, 0.1) is 5.92 Å². The van der Waals surface area contributed by atoms with Crippen molar-refractivity contribution >= 4 is 5.97 Å². The first-order chi connectivity index (χ1) is 6.97. The third kappa shape index (κ3) is 2.35. The molecule has 0 saturated heterocycles. The lowest BCUT2D eigenvalue weighted by atomic mass is 9.93. The first-order valence-electron chi connectivity index (χ1n) is 4.96. The summed E-state index contributed by atoms with van der Waals surface area (Å²) in [5.74, 6) is -1.65. The van der Waals surface area contributed by atoms with Gasteiger partial charge in [-0.05, 0) is 37.0 Å². The molecule has 0 fully saturated rings. The number of benzene rings is 1. The van der Waals surface area contributed by atoms with Crippen LogP contribution in [0.25, 0.3) is 0 Å². The number of halogens is 1. The molecule has 0 heterocycles. The van der Waals surface area contributed by atoms with Gasteiger partial charge in [-0.1, -0.05) is 19.1 Å². The van der Waals surface area contributed by atoms with Crippen LogP contribution in [-0.4, -0.2) is 11.1 Å². The number of aliphatic carboxylic acids is 1. The summed E-state index contributed by atoms with van der Waals surface area (Å²) in [4.78, 5) is 10.9. The molecule has 0 bridgehead atoms. The van der Waals surface area contributed by atoms with E-state index in [0.29, 0.717) is 23.1 Å². The molecule has 1 rings (SSSR count). The molecule has 2 nitrogen and oxygen atoms in total. The molecule has 15 heavy (non-hydrogen) atoms. The van der Waals surface area contributed by atoms with E-state index in [4.69, 9.17) is 5.11 Å². The zero-order valence-electron chi connectivity index (χ0n) is 9.17. The Labute approximate surface area is 88.7 Å². The molecular weight excluding hydrogens is 195 g/mol. The van der Waals surface area contributed by atoms with Gasteiger partial charge < -0.3 is 5.11 Å². The molecule has 1 N–H and O–H groups in total. The smallest absolute Gasteiger partial charge is 0.310 e. The Morgan fingerprint density at radius 2 is 1.87 bits per heavy atom. The minimum atomic E-state index is -0.858. The molecule has 0 saturated carbocycles. The fraction of sp³-hybridized carbons (Fsp3) is 0.417. The number of hydrogen-bond donors (Lipinski definition) is 1. The molecule has 3 heteroatoms. The van der Waals surface area contributed by atoms with Crippen LogP contribution in [0.4, 0.5) is 4.39 Å². The Bertz CT molecular complexity index is 362. The van der Waals surface area contributed by atoms with Crippen LogP contribution in [0.15, 0.2) is 12.1 Å². The number of rotatable bonds is 3. The second-order valence-electron chi connectivity index (χ2n) is 3.77. The van der Waals surface area contributed by atoms with Crippen molar-refractivity contribution in [3.05, 3.63) is 34.6 Å². The quantitative estimate of drug-likeness (QED) is 0.832. The molecule has 0 amide bonds. The lowest BCUT2D eigenvalue weighted by Crippen LogP contribution is -2.11. The van der Waals surface area contributed by atoms with Gasteiger partial charge in [0.15, 0.2) is 0 Å². The van der Waals surface area contributed by atoms with Crippen molar-refractivity contribution in [2.24, 2.45) is 0 Å².